The number of hydrogen-bond donors (Lipinski definition) is 1. The first-order valence-electron chi connectivity index (χ1n) is 6.30. The SMILES string of the molecule is C=C(CNC(C)C)CSCCN(CC)CC. The molecule has 0 amide bonds. The summed E-state index contributed by atoms with van der Waals surface area (Å²) >= 11 is 1.99. The lowest BCUT2D eigenvalue weighted by atomic mass is 10.3. The first-order valence-corrected chi connectivity index (χ1v) is 7.45. The van der Waals surface area contributed by atoms with E-state index in [0.29, 0.717) is 6.04 Å². The molecular weight excluding hydrogens is 216 g/mol. The minimum Gasteiger partial charge on any atom is -0.311 e. The molecule has 0 aromatic heterocycles. The lowest BCUT2D eigenvalue weighted by Gasteiger charge is -2.17. The summed E-state index contributed by atoms with van der Waals surface area (Å²) in [6.07, 6.45) is 0. The van der Waals surface area contributed by atoms with Crippen molar-refractivity contribution in [3.8, 4) is 0 Å². The largest absolute Gasteiger partial charge is 0.311 e. The summed E-state index contributed by atoms with van der Waals surface area (Å²) in [7, 11) is 0. The maximum Gasteiger partial charge on any atom is 0.0172 e. The highest BCUT2D eigenvalue weighted by Gasteiger charge is 2.00. The Balaban J connectivity index is 3.40. The summed E-state index contributed by atoms with van der Waals surface area (Å²) in [6, 6.07) is 0.553. The predicted octanol–water partition coefficient (Wildman–Crippen LogP) is 2.62. The summed E-state index contributed by atoms with van der Waals surface area (Å²) in [5.74, 6) is 2.30. The molecule has 0 atom stereocenters. The molecule has 96 valence electrons. The van der Waals surface area contributed by atoms with E-state index in [2.05, 4.69) is 44.5 Å². The minimum absolute atomic E-state index is 0.553. The zero-order valence-electron chi connectivity index (χ0n) is 11.4. The normalized spacial score (nSPS) is 11.4. The standard InChI is InChI=1S/C13H28N2S/c1-6-15(7-2)8-9-16-11-13(5)10-14-12(3)4/h12,14H,5-11H2,1-4H3. The second-order valence-electron chi connectivity index (χ2n) is 4.37. The van der Waals surface area contributed by atoms with Gasteiger partial charge in [-0.25, -0.2) is 0 Å². The Morgan fingerprint density at radius 1 is 1.31 bits per heavy atom. The Hall–Kier alpha value is 0.01000. The summed E-state index contributed by atoms with van der Waals surface area (Å²) in [5.41, 5.74) is 1.30. The third kappa shape index (κ3) is 9.25. The van der Waals surface area contributed by atoms with Gasteiger partial charge in [0.25, 0.3) is 0 Å². The van der Waals surface area contributed by atoms with Crippen molar-refractivity contribution in [1.82, 2.24) is 10.2 Å². The molecule has 0 bridgehead atoms. The number of thioether (sulfide) groups is 1. The van der Waals surface area contributed by atoms with Crippen molar-refractivity contribution in [3.05, 3.63) is 12.2 Å². The molecule has 0 aliphatic rings. The monoisotopic (exact) mass is 244 g/mol. The van der Waals surface area contributed by atoms with Crippen molar-refractivity contribution in [1.29, 1.82) is 0 Å². The van der Waals surface area contributed by atoms with Crippen molar-refractivity contribution in [2.45, 2.75) is 33.7 Å². The Morgan fingerprint density at radius 3 is 2.44 bits per heavy atom. The maximum absolute atomic E-state index is 4.09. The summed E-state index contributed by atoms with van der Waals surface area (Å²) in [5, 5.41) is 3.39. The van der Waals surface area contributed by atoms with Gasteiger partial charge >= 0.3 is 0 Å². The lowest BCUT2D eigenvalue weighted by molar-refractivity contribution is 0.324. The van der Waals surface area contributed by atoms with Crippen molar-refractivity contribution in [2.24, 2.45) is 0 Å². The number of rotatable bonds is 10. The van der Waals surface area contributed by atoms with E-state index in [1.165, 1.54) is 17.9 Å². The van der Waals surface area contributed by atoms with E-state index in [1.807, 2.05) is 11.8 Å². The molecule has 0 aliphatic heterocycles. The van der Waals surface area contributed by atoms with Crippen LogP contribution in [0.2, 0.25) is 0 Å². The van der Waals surface area contributed by atoms with Crippen LogP contribution in [0.3, 0.4) is 0 Å². The number of hydrogen-bond acceptors (Lipinski definition) is 3. The van der Waals surface area contributed by atoms with Gasteiger partial charge in [-0.15, -0.1) is 0 Å². The van der Waals surface area contributed by atoms with E-state index >= 15 is 0 Å². The van der Waals surface area contributed by atoms with Gasteiger partial charge in [0.15, 0.2) is 0 Å². The van der Waals surface area contributed by atoms with Gasteiger partial charge in [-0.1, -0.05) is 39.8 Å². The van der Waals surface area contributed by atoms with E-state index in [0.717, 1.165) is 25.4 Å². The molecule has 0 radical (unpaired) electrons. The fraction of sp³-hybridized carbons (Fsp3) is 0.846. The molecule has 0 heterocycles. The molecule has 0 rings (SSSR count). The Morgan fingerprint density at radius 2 is 1.94 bits per heavy atom. The molecular formula is C13H28N2S. The van der Waals surface area contributed by atoms with Gasteiger partial charge in [-0.3, -0.25) is 0 Å². The van der Waals surface area contributed by atoms with Gasteiger partial charge in [0.2, 0.25) is 0 Å². The molecule has 2 nitrogen and oxygen atoms in total. The summed E-state index contributed by atoms with van der Waals surface area (Å²) in [6.45, 7) is 17.3. The lowest BCUT2D eigenvalue weighted by Crippen LogP contribution is -2.26. The molecule has 1 N–H and O–H groups in total. The highest BCUT2D eigenvalue weighted by Crippen LogP contribution is 2.06. The zero-order chi connectivity index (χ0) is 12.4. The van der Waals surface area contributed by atoms with Gasteiger partial charge < -0.3 is 10.2 Å². The highest BCUT2D eigenvalue weighted by molar-refractivity contribution is 7.99. The van der Waals surface area contributed by atoms with Gasteiger partial charge in [0, 0.05) is 30.6 Å². The minimum atomic E-state index is 0.553. The molecule has 0 aromatic carbocycles. The van der Waals surface area contributed by atoms with Crippen molar-refractivity contribution >= 4 is 11.8 Å². The summed E-state index contributed by atoms with van der Waals surface area (Å²) < 4.78 is 0. The average molecular weight is 244 g/mol. The van der Waals surface area contributed by atoms with Crippen LogP contribution >= 0.6 is 11.8 Å². The van der Waals surface area contributed by atoms with E-state index in [1.54, 1.807) is 0 Å². The molecule has 0 unspecified atom stereocenters. The zero-order valence-corrected chi connectivity index (χ0v) is 12.2. The first kappa shape index (κ1) is 16.0. The van der Waals surface area contributed by atoms with Crippen molar-refractivity contribution in [3.63, 3.8) is 0 Å². The van der Waals surface area contributed by atoms with Crippen LogP contribution in [-0.4, -0.2) is 48.6 Å². The molecule has 16 heavy (non-hydrogen) atoms. The summed E-state index contributed by atoms with van der Waals surface area (Å²) in [4.78, 5) is 2.46. The predicted molar refractivity (Wildman–Crippen MR) is 77.4 cm³/mol. The van der Waals surface area contributed by atoms with Crippen LogP contribution in [-0.2, 0) is 0 Å². The second-order valence-corrected chi connectivity index (χ2v) is 5.47. The van der Waals surface area contributed by atoms with Gasteiger partial charge in [-0.05, 0) is 13.1 Å². The van der Waals surface area contributed by atoms with Crippen LogP contribution < -0.4 is 5.32 Å². The third-order valence-corrected chi connectivity index (χ3v) is 3.60. The van der Waals surface area contributed by atoms with Gasteiger partial charge in [0.1, 0.15) is 0 Å². The molecule has 3 heteroatoms. The number of nitrogens with zero attached hydrogens (tertiary/aromatic N) is 1. The van der Waals surface area contributed by atoms with Crippen LogP contribution in [0.5, 0.6) is 0 Å². The van der Waals surface area contributed by atoms with Gasteiger partial charge in [0.05, 0.1) is 0 Å². The Bertz CT molecular complexity index is 177. The van der Waals surface area contributed by atoms with Gasteiger partial charge in [-0.2, -0.15) is 11.8 Å². The smallest absolute Gasteiger partial charge is 0.0172 e. The molecule has 0 fully saturated rings. The van der Waals surface area contributed by atoms with E-state index in [-0.39, 0.29) is 0 Å². The fourth-order valence-corrected chi connectivity index (χ4v) is 2.27. The van der Waals surface area contributed by atoms with Crippen LogP contribution in [0.25, 0.3) is 0 Å². The number of nitrogens with one attached hydrogen (secondary N) is 1. The van der Waals surface area contributed by atoms with Crippen molar-refractivity contribution in [2.75, 3.05) is 37.7 Å². The Kier molecular flexibility index (Phi) is 10.2. The average Bonchev–Trinajstić information content (AvgIpc) is 2.26. The van der Waals surface area contributed by atoms with E-state index in [4.69, 9.17) is 0 Å². The second kappa shape index (κ2) is 10.2. The third-order valence-electron chi connectivity index (χ3n) is 2.51. The quantitative estimate of drug-likeness (QED) is 0.470. The molecule has 0 spiro atoms. The van der Waals surface area contributed by atoms with Crippen LogP contribution in [0.15, 0.2) is 12.2 Å². The first-order chi connectivity index (χ1) is 7.60. The fourth-order valence-electron chi connectivity index (χ4n) is 1.35. The highest BCUT2D eigenvalue weighted by atomic mass is 32.2. The van der Waals surface area contributed by atoms with Crippen LogP contribution in [0, 0.1) is 0 Å². The van der Waals surface area contributed by atoms with Crippen LogP contribution in [0.4, 0.5) is 0 Å². The molecule has 0 aliphatic carbocycles. The maximum atomic E-state index is 4.09. The van der Waals surface area contributed by atoms with E-state index < -0.39 is 0 Å². The topological polar surface area (TPSA) is 15.3 Å². The molecule has 0 saturated carbocycles. The Labute approximate surface area is 106 Å². The van der Waals surface area contributed by atoms with Crippen molar-refractivity contribution < 1.29 is 0 Å². The molecule has 0 aromatic rings. The molecule has 0 saturated heterocycles. The van der Waals surface area contributed by atoms with Crippen LogP contribution in [0.1, 0.15) is 27.7 Å². The van der Waals surface area contributed by atoms with E-state index in [9.17, 15) is 0 Å².